The zero-order chi connectivity index (χ0) is 20.1. The van der Waals surface area contributed by atoms with Crippen molar-refractivity contribution in [1.82, 2.24) is 0 Å². The van der Waals surface area contributed by atoms with Gasteiger partial charge in [0.1, 0.15) is 0 Å². The quantitative estimate of drug-likeness (QED) is 0.665. The van der Waals surface area contributed by atoms with Crippen LogP contribution in [0.4, 0.5) is 11.4 Å². The molecule has 0 atom stereocenters. The monoisotopic (exact) mass is 406 g/mol. The predicted molar refractivity (Wildman–Crippen MR) is 114 cm³/mol. The van der Waals surface area contributed by atoms with Gasteiger partial charge in [-0.15, -0.1) is 11.8 Å². The molecule has 0 heterocycles. The van der Waals surface area contributed by atoms with Crippen molar-refractivity contribution < 1.29 is 13.2 Å². The maximum atomic E-state index is 12.1. The number of sulfonamides is 1. The van der Waals surface area contributed by atoms with Crippen LogP contribution >= 0.6 is 11.8 Å². The minimum absolute atomic E-state index is 0.0133. The van der Waals surface area contributed by atoms with E-state index in [1.54, 1.807) is 31.2 Å². The Hall–Kier alpha value is -1.99. The Morgan fingerprint density at radius 2 is 1.52 bits per heavy atom. The van der Waals surface area contributed by atoms with Crippen molar-refractivity contribution in [3.63, 3.8) is 0 Å². The van der Waals surface area contributed by atoms with E-state index >= 15 is 0 Å². The predicted octanol–water partition coefficient (Wildman–Crippen LogP) is 4.48. The van der Waals surface area contributed by atoms with Crippen molar-refractivity contribution in [2.24, 2.45) is 0 Å². The maximum Gasteiger partial charge on any atom is 0.234 e. The van der Waals surface area contributed by atoms with Crippen LogP contribution < -0.4 is 10.0 Å². The van der Waals surface area contributed by atoms with E-state index in [4.69, 9.17) is 0 Å². The number of rotatable bonds is 7. The number of benzene rings is 2. The molecule has 0 fully saturated rings. The second-order valence-corrected chi connectivity index (χ2v) is 10.3. The molecule has 0 spiro atoms. The van der Waals surface area contributed by atoms with Crippen molar-refractivity contribution in [1.29, 1.82) is 0 Å². The summed E-state index contributed by atoms with van der Waals surface area (Å²) in [7, 11) is -3.30. The number of thioether (sulfide) groups is 1. The Balaban J connectivity index is 1.87. The van der Waals surface area contributed by atoms with Crippen LogP contribution in [0.15, 0.2) is 53.4 Å². The first-order chi connectivity index (χ1) is 12.6. The highest BCUT2D eigenvalue weighted by molar-refractivity contribution is 8.00. The summed E-state index contributed by atoms with van der Waals surface area (Å²) in [6, 6.07) is 14.9. The van der Waals surface area contributed by atoms with Gasteiger partial charge in [0.05, 0.1) is 11.5 Å². The molecule has 146 valence electrons. The molecular formula is C20H26N2O3S2. The number of carbonyl (C=O) groups excluding carboxylic acids is 1. The fourth-order valence-corrected chi connectivity index (χ4v) is 3.61. The average molecular weight is 407 g/mol. The molecule has 27 heavy (non-hydrogen) atoms. The average Bonchev–Trinajstić information content (AvgIpc) is 2.61. The second-order valence-electron chi connectivity index (χ2n) is 7.19. The summed E-state index contributed by atoms with van der Waals surface area (Å²) in [4.78, 5) is 13.2. The molecule has 7 heteroatoms. The lowest BCUT2D eigenvalue weighted by molar-refractivity contribution is -0.113. The van der Waals surface area contributed by atoms with E-state index in [9.17, 15) is 13.2 Å². The van der Waals surface area contributed by atoms with Gasteiger partial charge in [0.15, 0.2) is 0 Å². The van der Waals surface area contributed by atoms with Crippen LogP contribution in [-0.2, 0) is 20.2 Å². The summed E-state index contributed by atoms with van der Waals surface area (Å²) in [5.41, 5.74) is 2.47. The fourth-order valence-electron chi connectivity index (χ4n) is 2.27. The number of carbonyl (C=O) groups is 1. The number of nitrogens with one attached hydrogen (secondary N) is 2. The molecule has 2 N–H and O–H groups in total. The Bertz CT molecular complexity index is 869. The van der Waals surface area contributed by atoms with Crippen LogP contribution in [0.25, 0.3) is 0 Å². The van der Waals surface area contributed by atoms with Gasteiger partial charge < -0.3 is 5.32 Å². The molecule has 0 saturated heterocycles. The molecule has 0 unspecified atom stereocenters. The van der Waals surface area contributed by atoms with Gasteiger partial charge in [0.2, 0.25) is 15.9 Å². The van der Waals surface area contributed by atoms with Gasteiger partial charge in [0, 0.05) is 16.3 Å². The molecule has 0 aliphatic rings. The van der Waals surface area contributed by atoms with E-state index in [2.05, 4.69) is 42.9 Å². The molecule has 2 rings (SSSR count). The Morgan fingerprint density at radius 3 is 2.04 bits per heavy atom. The van der Waals surface area contributed by atoms with E-state index in [0.717, 1.165) is 4.90 Å². The molecule has 0 saturated carbocycles. The standard InChI is InChI=1S/C20H26N2O3S2/c1-5-27(24,25)22-17-10-8-16(9-11-17)21-19(23)14-26-18-12-6-15(7-13-18)20(2,3)4/h6-13,22H,5,14H2,1-4H3,(H,21,23). The maximum absolute atomic E-state index is 12.1. The Labute approximate surface area is 166 Å². The van der Waals surface area contributed by atoms with Gasteiger partial charge in [-0.05, 0) is 54.3 Å². The normalized spacial score (nSPS) is 11.9. The van der Waals surface area contributed by atoms with E-state index in [-0.39, 0.29) is 17.1 Å². The number of hydrogen-bond acceptors (Lipinski definition) is 4. The summed E-state index contributed by atoms with van der Waals surface area (Å²) in [5.74, 6) is 0.209. The van der Waals surface area contributed by atoms with Gasteiger partial charge >= 0.3 is 0 Å². The smallest absolute Gasteiger partial charge is 0.234 e. The van der Waals surface area contributed by atoms with Crippen LogP contribution in [0.1, 0.15) is 33.3 Å². The third-order valence-electron chi connectivity index (χ3n) is 3.91. The largest absolute Gasteiger partial charge is 0.325 e. The third kappa shape index (κ3) is 6.92. The lowest BCUT2D eigenvalue weighted by Gasteiger charge is -2.19. The molecule has 2 aromatic rings. The molecule has 1 amide bonds. The van der Waals surface area contributed by atoms with Gasteiger partial charge in [-0.2, -0.15) is 0 Å². The first-order valence-electron chi connectivity index (χ1n) is 8.73. The first kappa shape index (κ1) is 21.3. The van der Waals surface area contributed by atoms with Gasteiger partial charge in [0.25, 0.3) is 0 Å². The molecule has 0 bridgehead atoms. The van der Waals surface area contributed by atoms with Crippen molar-refractivity contribution in [2.75, 3.05) is 21.5 Å². The van der Waals surface area contributed by atoms with E-state index < -0.39 is 10.0 Å². The van der Waals surface area contributed by atoms with Gasteiger partial charge in [-0.1, -0.05) is 32.9 Å². The molecule has 0 aliphatic carbocycles. The van der Waals surface area contributed by atoms with E-state index in [1.807, 2.05) is 12.1 Å². The minimum atomic E-state index is -3.30. The van der Waals surface area contributed by atoms with Crippen LogP contribution in [-0.4, -0.2) is 25.8 Å². The van der Waals surface area contributed by atoms with Crippen LogP contribution in [0, 0.1) is 0 Å². The molecule has 5 nitrogen and oxygen atoms in total. The van der Waals surface area contributed by atoms with E-state index in [1.165, 1.54) is 17.3 Å². The second kappa shape index (κ2) is 8.80. The Morgan fingerprint density at radius 1 is 0.963 bits per heavy atom. The summed E-state index contributed by atoms with van der Waals surface area (Å²) >= 11 is 1.48. The summed E-state index contributed by atoms with van der Waals surface area (Å²) in [6.07, 6.45) is 0. The molecule has 0 aromatic heterocycles. The third-order valence-corrected chi connectivity index (χ3v) is 6.23. The lowest BCUT2D eigenvalue weighted by atomic mass is 9.87. The summed E-state index contributed by atoms with van der Waals surface area (Å²) in [5, 5.41) is 2.81. The number of hydrogen-bond donors (Lipinski definition) is 2. The van der Waals surface area contributed by atoms with Crippen molar-refractivity contribution in [2.45, 2.75) is 38.0 Å². The van der Waals surface area contributed by atoms with Crippen LogP contribution in [0.3, 0.4) is 0 Å². The van der Waals surface area contributed by atoms with E-state index in [0.29, 0.717) is 17.1 Å². The molecular weight excluding hydrogens is 380 g/mol. The topological polar surface area (TPSA) is 75.3 Å². The summed E-state index contributed by atoms with van der Waals surface area (Å²) < 4.78 is 25.6. The molecule has 0 aliphatic heterocycles. The highest BCUT2D eigenvalue weighted by Gasteiger charge is 2.13. The van der Waals surface area contributed by atoms with Crippen LogP contribution in [0.2, 0.25) is 0 Å². The molecule has 0 radical (unpaired) electrons. The van der Waals surface area contributed by atoms with Crippen molar-refractivity contribution >= 4 is 39.1 Å². The first-order valence-corrected chi connectivity index (χ1v) is 11.4. The Kier molecular flexibility index (Phi) is 6.95. The zero-order valence-corrected chi connectivity index (χ0v) is 17.7. The zero-order valence-electron chi connectivity index (χ0n) is 16.1. The SMILES string of the molecule is CCS(=O)(=O)Nc1ccc(NC(=O)CSc2ccc(C(C)(C)C)cc2)cc1. The van der Waals surface area contributed by atoms with Crippen molar-refractivity contribution in [3.05, 3.63) is 54.1 Å². The highest BCUT2D eigenvalue weighted by Crippen LogP contribution is 2.25. The van der Waals surface area contributed by atoms with Crippen molar-refractivity contribution in [3.8, 4) is 0 Å². The van der Waals surface area contributed by atoms with Gasteiger partial charge in [-0.3, -0.25) is 9.52 Å². The number of anilines is 2. The number of amides is 1. The molecule has 2 aromatic carbocycles. The minimum Gasteiger partial charge on any atom is -0.325 e. The highest BCUT2D eigenvalue weighted by atomic mass is 32.2. The summed E-state index contributed by atoms with van der Waals surface area (Å²) in [6.45, 7) is 8.08. The van der Waals surface area contributed by atoms with Gasteiger partial charge in [-0.25, -0.2) is 8.42 Å². The fraction of sp³-hybridized carbons (Fsp3) is 0.350. The van der Waals surface area contributed by atoms with Crippen LogP contribution in [0.5, 0.6) is 0 Å². The lowest BCUT2D eigenvalue weighted by Crippen LogP contribution is -2.15.